The average Bonchev–Trinajstić information content (AvgIpc) is 2.00. The predicted octanol–water partition coefficient (Wildman–Crippen LogP) is 1.09. The Kier molecular flexibility index (Phi) is 2.93. The molecule has 0 spiro atoms. The van der Waals surface area contributed by atoms with Crippen LogP contribution in [0.15, 0.2) is 12.7 Å². The van der Waals surface area contributed by atoms with E-state index in [4.69, 9.17) is 0 Å². The number of carbonyl (C=O) groups excluding carboxylic acids is 1. The third-order valence-electron chi connectivity index (χ3n) is 2.02. The summed E-state index contributed by atoms with van der Waals surface area (Å²) < 4.78 is 0. The molecule has 2 heteroatoms. The fourth-order valence-corrected chi connectivity index (χ4v) is 1.32. The standard InChI is InChI=1S/C10H13NO/c1-3-5-8-6-9(7-8)11-10(12)4-2/h4,8-9H,2,6-7H2,1H3,(H,11,12). The van der Waals surface area contributed by atoms with Gasteiger partial charge >= 0.3 is 0 Å². The molecule has 12 heavy (non-hydrogen) atoms. The van der Waals surface area contributed by atoms with Gasteiger partial charge in [-0.05, 0) is 25.8 Å². The Labute approximate surface area is 73.0 Å². The van der Waals surface area contributed by atoms with E-state index in [2.05, 4.69) is 23.7 Å². The number of amides is 1. The van der Waals surface area contributed by atoms with E-state index in [9.17, 15) is 4.79 Å². The van der Waals surface area contributed by atoms with E-state index in [1.807, 2.05) is 6.92 Å². The van der Waals surface area contributed by atoms with Crippen molar-refractivity contribution in [3.05, 3.63) is 12.7 Å². The molecular formula is C10H13NO. The summed E-state index contributed by atoms with van der Waals surface area (Å²) in [5.41, 5.74) is 0. The number of hydrogen-bond donors (Lipinski definition) is 1. The average molecular weight is 163 g/mol. The third-order valence-corrected chi connectivity index (χ3v) is 2.02. The largest absolute Gasteiger partial charge is 0.350 e. The predicted molar refractivity (Wildman–Crippen MR) is 48.3 cm³/mol. The van der Waals surface area contributed by atoms with E-state index >= 15 is 0 Å². The zero-order chi connectivity index (χ0) is 8.97. The fourth-order valence-electron chi connectivity index (χ4n) is 1.32. The molecule has 64 valence electrons. The van der Waals surface area contributed by atoms with Gasteiger partial charge in [0.15, 0.2) is 0 Å². The van der Waals surface area contributed by atoms with Gasteiger partial charge in [-0.2, -0.15) is 0 Å². The first-order chi connectivity index (χ1) is 5.76. The number of nitrogens with one attached hydrogen (secondary N) is 1. The van der Waals surface area contributed by atoms with Crippen LogP contribution in [-0.2, 0) is 4.79 Å². The summed E-state index contributed by atoms with van der Waals surface area (Å²) in [6.45, 7) is 5.23. The lowest BCUT2D eigenvalue weighted by Crippen LogP contribution is -2.43. The van der Waals surface area contributed by atoms with E-state index in [0.29, 0.717) is 12.0 Å². The van der Waals surface area contributed by atoms with Crippen LogP contribution in [0.5, 0.6) is 0 Å². The third kappa shape index (κ3) is 2.13. The molecule has 2 nitrogen and oxygen atoms in total. The molecule has 1 rings (SSSR count). The molecule has 1 amide bonds. The molecule has 0 heterocycles. The van der Waals surface area contributed by atoms with Crippen molar-refractivity contribution in [2.24, 2.45) is 5.92 Å². The molecule has 1 aliphatic rings. The van der Waals surface area contributed by atoms with Crippen molar-refractivity contribution in [1.82, 2.24) is 5.32 Å². The highest BCUT2D eigenvalue weighted by Gasteiger charge is 2.27. The van der Waals surface area contributed by atoms with Crippen LogP contribution >= 0.6 is 0 Å². The summed E-state index contributed by atoms with van der Waals surface area (Å²) in [4.78, 5) is 10.8. The fraction of sp³-hybridized carbons (Fsp3) is 0.500. The first-order valence-corrected chi connectivity index (χ1v) is 4.11. The number of hydrogen-bond acceptors (Lipinski definition) is 1. The first kappa shape index (κ1) is 8.86. The van der Waals surface area contributed by atoms with E-state index in [1.54, 1.807) is 0 Å². The van der Waals surface area contributed by atoms with Gasteiger partial charge in [-0.25, -0.2) is 0 Å². The van der Waals surface area contributed by atoms with Crippen LogP contribution in [-0.4, -0.2) is 11.9 Å². The maximum absolute atomic E-state index is 10.8. The summed E-state index contributed by atoms with van der Waals surface area (Å²) >= 11 is 0. The van der Waals surface area contributed by atoms with Gasteiger partial charge in [0.2, 0.25) is 5.91 Å². The Balaban J connectivity index is 2.20. The normalized spacial score (nSPS) is 26.1. The van der Waals surface area contributed by atoms with E-state index in [0.717, 1.165) is 12.8 Å². The van der Waals surface area contributed by atoms with Crippen LogP contribution < -0.4 is 5.32 Å². The maximum atomic E-state index is 10.8. The summed E-state index contributed by atoms with van der Waals surface area (Å²) in [5.74, 6) is 6.36. The molecule has 0 aromatic carbocycles. The van der Waals surface area contributed by atoms with Crippen molar-refractivity contribution in [3.63, 3.8) is 0 Å². The Morgan fingerprint density at radius 1 is 1.67 bits per heavy atom. The lowest BCUT2D eigenvalue weighted by Gasteiger charge is -2.32. The molecule has 1 fully saturated rings. The van der Waals surface area contributed by atoms with Crippen LogP contribution in [0.4, 0.5) is 0 Å². The molecule has 1 aliphatic carbocycles. The molecule has 0 aliphatic heterocycles. The first-order valence-electron chi connectivity index (χ1n) is 4.11. The molecule has 0 aromatic heterocycles. The molecule has 0 bridgehead atoms. The van der Waals surface area contributed by atoms with Crippen LogP contribution in [0, 0.1) is 17.8 Å². The van der Waals surface area contributed by atoms with Crippen LogP contribution in [0.2, 0.25) is 0 Å². The van der Waals surface area contributed by atoms with Crippen LogP contribution in [0.3, 0.4) is 0 Å². The molecule has 1 N–H and O–H groups in total. The Morgan fingerprint density at radius 2 is 2.33 bits per heavy atom. The molecule has 0 unspecified atom stereocenters. The molecule has 0 radical (unpaired) electrons. The van der Waals surface area contributed by atoms with Crippen molar-refractivity contribution in [2.45, 2.75) is 25.8 Å². The topological polar surface area (TPSA) is 29.1 Å². The van der Waals surface area contributed by atoms with Gasteiger partial charge in [0.1, 0.15) is 0 Å². The summed E-state index contributed by atoms with van der Waals surface area (Å²) in [5, 5.41) is 2.83. The minimum Gasteiger partial charge on any atom is -0.350 e. The second-order valence-electron chi connectivity index (χ2n) is 2.97. The minimum atomic E-state index is -0.0806. The van der Waals surface area contributed by atoms with Gasteiger partial charge in [0.25, 0.3) is 0 Å². The van der Waals surface area contributed by atoms with Gasteiger partial charge in [-0.3, -0.25) is 4.79 Å². The van der Waals surface area contributed by atoms with Gasteiger partial charge in [-0.15, -0.1) is 11.8 Å². The second kappa shape index (κ2) is 3.96. The molecule has 0 atom stereocenters. The van der Waals surface area contributed by atoms with Crippen molar-refractivity contribution in [3.8, 4) is 11.8 Å². The number of rotatable bonds is 2. The molecule has 0 saturated heterocycles. The Morgan fingerprint density at radius 3 is 2.83 bits per heavy atom. The Bertz CT molecular complexity index is 240. The Hall–Kier alpha value is -1.23. The van der Waals surface area contributed by atoms with Crippen molar-refractivity contribution in [1.29, 1.82) is 0 Å². The highest BCUT2D eigenvalue weighted by molar-refractivity contribution is 5.87. The van der Waals surface area contributed by atoms with Crippen LogP contribution in [0.25, 0.3) is 0 Å². The lowest BCUT2D eigenvalue weighted by atomic mass is 9.81. The highest BCUT2D eigenvalue weighted by atomic mass is 16.1. The summed E-state index contributed by atoms with van der Waals surface area (Å²) in [6.07, 6.45) is 3.28. The summed E-state index contributed by atoms with van der Waals surface area (Å²) in [6, 6.07) is 0.321. The van der Waals surface area contributed by atoms with Gasteiger partial charge in [0, 0.05) is 12.0 Å². The van der Waals surface area contributed by atoms with Gasteiger partial charge < -0.3 is 5.32 Å². The van der Waals surface area contributed by atoms with E-state index < -0.39 is 0 Å². The quantitative estimate of drug-likeness (QED) is 0.479. The molecular weight excluding hydrogens is 150 g/mol. The highest BCUT2D eigenvalue weighted by Crippen LogP contribution is 2.26. The maximum Gasteiger partial charge on any atom is 0.243 e. The zero-order valence-electron chi connectivity index (χ0n) is 7.26. The van der Waals surface area contributed by atoms with Gasteiger partial charge in [0.05, 0.1) is 0 Å². The smallest absolute Gasteiger partial charge is 0.243 e. The van der Waals surface area contributed by atoms with Crippen LogP contribution in [0.1, 0.15) is 19.8 Å². The van der Waals surface area contributed by atoms with Crippen molar-refractivity contribution in [2.75, 3.05) is 0 Å². The van der Waals surface area contributed by atoms with Crippen molar-refractivity contribution < 1.29 is 4.79 Å². The number of carbonyl (C=O) groups is 1. The minimum absolute atomic E-state index is 0.0806. The van der Waals surface area contributed by atoms with E-state index in [-0.39, 0.29) is 5.91 Å². The zero-order valence-corrected chi connectivity index (χ0v) is 7.26. The van der Waals surface area contributed by atoms with Gasteiger partial charge in [-0.1, -0.05) is 6.58 Å². The summed E-state index contributed by atoms with van der Waals surface area (Å²) in [7, 11) is 0. The SMILES string of the molecule is C=CC(=O)NC1CC(C#CC)C1. The molecule has 1 saturated carbocycles. The van der Waals surface area contributed by atoms with E-state index in [1.165, 1.54) is 6.08 Å². The van der Waals surface area contributed by atoms with Crippen molar-refractivity contribution >= 4 is 5.91 Å². The lowest BCUT2D eigenvalue weighted by molar-refractivity contribution is -0.117. The molecule has 0 aromatic rings. The second-order valence-corrected chi connectivity index (χ2v) is 2.97. The monoisotopic (exact) mass is 163 g/mol.